The molecule has 0 fully saturated rings. The highest BCUT2D eigenvalue weighted by atomic mass is 15.3. The summed E-state index contributed by atoms with van der Waals surface area (Å²) in [4.78, 5) is 0. The van der Waals surface area contributed by atoms with Crippen molar-refractivity contribution in [1.82, 2.24) is 15.1 Å². The molecular weight excluding hydrogens is 234 g/mol. The SMILES string of the molecule is CCc1cc(CC)n(-c2ccc(CNC)cc2C)n1. The Morgan fingerprint density at radius 2 is 1.95 bits per heavy atom. The van der Waals surface area contributed by atoms with Crippen LogP contribution >= 0.6 is 0 Å². The van der Waals surface area contributed by atoms with E-state index in [4.69, 9.17) is 5.10 Å². The number of benzene rings is 1. The zero-order chi connectivity index (χ0) is 13.8. The topological polar surface area (TPSA) is 29.9 Å². The summed E-state index contributed by atoms with van der Waals surface area (Å²) in [6.07, 6.45) is 1.99. The number of hydrogen-bond acceptors (Lipinski definition) is 2. The Bertz CT molecular complexity index is 555. The van der Waals surface area contributed by atoms with Crippen molar-refractivity contribution in [2.45, 2.75) is 40.2 Å². The quantitative estimate of drug-likeness (QED) is 0.892. The van der Waals surface area contributed by atoms with Gasteiger partial charge in [-0.25, -0.2) is 4.68 Å². The highest BCUT2D eigenvalue weighted by Crippen LogP contribution is 2.19. The molecule has 0 aliphatic heterocycles. The van der Waals surface area contributed by atoms with Crippen LogP contribution in [-0.4, -0.2) is 16.8 Å². The highest BCUT2D eigenvalue weighted by molar-refractivity contribution is 5.43. The molecule has 0 amide bonds. The standard InChI is InChI=1S/C16H23N3/c1-5-14-10-15(6-2)19(18-14)16-8-7-13(11-17-4)9-12(16)3/h7-10,17H,5-6,11H2,1-4H3. The zero-order valence-electron chi connectivity index (χ0n) is 12.3. The lowest BCUT2D eigenvalue weighted by Gasteiger charge is -2.11. The number of hydrogen-bond donors (Lipinski definition) is 1. The van der Waals surface area contributed by atoms with Gasteiger partial charge in [0, 0.05) is 12.2 Å². The smallest absolute Gasteiger partial charge is 0.0678 e. The van der Waals surface area contributed by atoms with Crippen LogP contribution in [0.15, 0.2) is 24.3 Å². The molecule has 0 atom stereocenters. The minimum atomic E-state index is 0.904. The highest BCUT2D eigenvalue weighted by Gasteiger charge is 2.09. The molecule has 2 rings (SSSR count). The van der Waals surface area contributed by atoms with E-state index in [1.54, 1.807) is 0 Å². The maximum atomic E-state index is 4.71. The van der Waals surface area contributed by atoms with Gasteiger partial charge in [-0.2, -0.15) is 5.10 Å². The Morgan fingerprint density at radius 1 is 1.16 bits per heavy atom. The van der Waals surface area contributed by atoms with Crippen LogP contribution in [0.1, 0.15) is 36.4 Å². The first-order valence-corrected chi connectivity index (χ1v) is 7.01. The third-order valence-corrected chi connectivity index (χ3v) is 3.43. The average molecular weight is 257 g/mol. The summed E-state index contributed by atoms with van der Waals surface area (Å²) >= 11 is 0. The molecule has 0 spiro atoms. The summed E-state index contributed by atoms with van der Waals surface area (Å²) in [5.74, 6) is 0. The first kappa shape index (κ1) is 13.8. The largest absolute Gasteiger partial charge is 0.316 e. The maximum absolute atomic E-state index is 4.71. The molecular formula is C16H23N3. The van der Waals surface area contributed by atoms with Crippen LogP contribution in [0.2, 0.25) is 0 Å². The molecule has 0 saturated carbocycles. The number of nitrogens with one attached hydrogen (secondary N) is 1. The molecule has 0 aliphatic rings. The lowest BCUT2D eigenvalue weighted by molar-refractivity contribution is 0.783. The fraction of sp³-hybridized carbons (Fsp3) is 0.438. The van der Waals surface area contributed by atoms with Gasteiger partial charge < -0.3 is 5.32 Å². The Hall–Kier alpha value is -1.61. The van der Waals surface area contributed by atoms with Gasteiger partial charge >= 0.3 is 0 Å². The second-order valence-electron chi connectivity index (χ2n) is 4.90. The number of rotatable bonds is 5. The molecule has 3 heteroatoms. The van der Waals surface area contributed by atoms with Crippen molar-refractivity contribution in [1.29, 1.82) is 0 Å². The third-order valence-electron chi connectivity index (χ3n) is 3.43. The lowest BCUT2D eigenvalue weighted by atomic mass is 10.1. The van der Waals surface area contributed by atoms with Crippen molar-refractivity contribution in [3.63, 3.8) is 0 Å². The van der Waals surface area contributed by atoms with Crippen molar-refractivity contribution >= 4 is 0 Å². The van der Waals surface area contributed by atoms with Crippen LogP contribution in [0, 0.1) is 6.92 Å². The molecule has 1 aromatic carbocycles. The number of aromatic nitrogens is 2. The second-order valence-corrected chi connectivity index (χ2v) is 4.90. The summed E-state index contributed by atoms with van der Waals surface area (Å²) in [6, 6.07) is 8.79. The van der Waals surface area contributed by atoms with Gasteiger partial charge in [0.05, 0.1) is 11.4 Å². The summed E-state index contributed by atoms with van der Waals surface area (Å²) in [6.45, 7) is 7.38. The van der Waals surface area contributed by atoms with Gasteiger partial charge in [0.1, 0.15) is 0 Å². The van der Waals surface area contributed by atoms with Gasteiger partial charge in [0.15, 0.2) is 0 Å². The molecule has 0 bridgehead atoms. The monoisotopic (exact) mass is 257 g/mol. The van der Waals surface area contributed by atoms with Crippen molar-refractivity contribution in [3.8, 4) is 5.69 Å². The Morgan fingerprint density at radius 3 is 2.53 bits per heavy atom. The number of nitrogens with zero attached hydrogens (tertiary/aromatic N) is 2. The molecule has 3 nitrogen and oxygen atoms in total. The minimum absolute atomic E-state index is 0.904. The van der Waals surface area contributed by atoms with Gasteiger partial charge in [-0.3, -0.25) is 0 Å². The van der Waals surface area contributed by atoms with Crippen molar-refractivity contribution in [2.24, 2.45) is 0 Å². The van der Waals surface area contributed by atoms with Gasteiger partial charge in [-0.05, 0) is 50.1 Å². The van der Waals surface area contributed by atoms with E-state index in [9.17, 15) is 0 Å². The maximum Gasteiger partial charge on any atom is 0.0678 e. The van der Waals surface area contributed by atoms with Gasteiger partial charge in [-0.1, -0.05) is 26.0 Å². The van der Waals surface area contributed by atoms with Gasteiger partial charge in [-0.15, -0.1) is 0 Å². The fourth-order valence-corrected chi connectivity index (χ4v) is 2.38. The Balaban J connectivity index is 2.43. The predicted molar refractivity (Wildman–Crippen MR) is 79.8 cm³/mol. The van der Waals surface area contributed by atoms with Crippen molar-refractivity contribution in [3.05, 3.63) is 46.8 Å². The van der Waals surface area contributed by atoms with Crippen LogP contribution in [0.25, 0.3) is 5.69 Å². The number of aryl methyl sites for hydroxylation is 3. The first-order chi connectivity index (χ1) is 9.19. The molecule has 0 saturated heterocycles. The third kappa shape index (κ3) is 2.87. The van der Waals surface area contributed by atoms with E-state index < -0.39 is 0 Å². The van der Waals surface area contributed by atoms with E-state index in [0.29, 0.717) is 0 Å². The molecule has 0 radical (unpaired) electrons. The molecule has 1 heterocycles. The Kier molecular flexibility index (Phi) is 4.38. The molecule has 2 aromatic rings. The van der Waals surface area contributed by atoms with Crippen LogP contribution < -0.4 is 5.32 Å². The van der Waals surface area contributed by atoms with E-state index in [1.165, 1.54) is 22.5 Å². The van der Waals surface area contributed by atoms with Crippen LogP contribution in [0.5, 0.6) is 0 Å². The summed E-state index contributed by atoms with van der Waals surface area (Å²) in [5, 5.41) is 7.89. The minimum Gasteiger partial charge on any atom is -0.316 e. The van der Waals surface area contributed by atoms with E-state index in [-0.39, 0.29) is 0 Å². The second kappa shape index (κ2) is 6.02. The van der Waals surface area contributed by atoms with Crippen LogP contribution in [-0.2, 0) is 19.4 Å². The fourth-order valence-electron chi connectivity index (χ4n) is 2.38. The molecule has 1 N–H and O–H groups in total. The normalized spacial score (nSPS) is 10.9. The molecule has 0 unspecified atom stereocenters. The predicted octanol–water partition coefficient (Wildman–Crippen LogP) is 3.02. The van der Waals surface area contributed by atoms with E-state index in [0.717, 1.165) is 25.1 Å². The Labute approximate surface area is 115 Å². The van der Waals surface area contributed by atoms with E-state index in [2.05, 4.69) is 55.0 Å². The van der Waals surface area contributed by atoms with Crippen LogP contribution in [0.4, 0.5) is 0 Å². The summed E-state index contributed by atoms with van der Waals surface area (Å²) in [5.41, 5.74) is 6.21. The summed E-state index contributed by atoms with van der Waals surface area (Å²) < 4.78 is 2.09. The first-order valence-electron chi connectivity index (χ1n) is 7.01. The van der Waals surface area contributed by atoms with Crippen molar-refractivity contribution in [2.75, 3.05) is 7.05 Å². The molecule has 19 heavy (non-hydrogen) atoms. The average Bonchev–Trinajstić information content (AvgIpc) is 2.82. The van der Waals surface area contributed by atoms with Gasteiger partial charge in [0.25, 0.3) is 0 Å². The molecule has 102 valence electrons. The van der Waals surface area contributed by atoms with Crippen LogP contribution in [0.3, 0.4) is 0 Å². The van der Waals surface area contributed by atoms with Gasteiger partial charge in [0.2, 0.25) is 0 Å². The zero-order valence-corrected chi connectivity index (χ0v) is 12.3. The molecule has 0 aliphatic carbocycles. The van der Waals surface area contributed by atoms with E-state index >= 15 is 0 Å². The lowest BCUT2D eigenvalue weighted by Crippen LogP contribution is -2.07. The van der Waals surface area contributed by atoms with E-state index in [1.807, 2.05) is 7.05 Å². The van der Waals surface area contributed by atoms with Crippen molar-refractivity contribution < 1.29 is 0 Å². The summed E-state index contributed by atoms with van der Waals surface area (Å²) in [7, 11) is 1.97. The molecule has 1 aromatic heterocycles.